The third kappa shape index (κ3) is 9.48. The molecule has 0 aromatic rings. The minimum Gasteiger partial charge on any atom is -0.270 e. The predicted molar refractivity (Wildman–Crippen MR) is 61.1 cm³/mol. The molecule has 0 saturated heterocycles. The molecule has 0 aromatic heterocycles. The van der Waals surface area contributed by atoms with Crippen molar-refractivity contribution in [1.29, 1.82) is 0 Å². The Balaban J connectivity index is 3.98. The van der Waals surface area contributed by atoms with Crippen molar-refractivity contribution in [3.63, 3.8) is 0 Å². The van der Waals surface area contributed by atoms with Crippen LogP contribution < -0.4 is 0 Å². The van der Waals surface area contributed by atoms with Crippen molar-refractivity contribution in [2.24, 2.45) is 0 Å². The monoisotopic (exact) mass is 290 g/mol. The number of hydrogen-bond acceptors (Lipinski definition) is 7. The lowest BCUT2D eigenvalue weighted by atomic mass is 10.5. The molecular formula is C8H18O7S2. The fraction of sp³-hybridized carbons (Fsp3) is 1.00. The molecule has 0 heterocycles. The molecule has 0 aliphatic rings. The van der Waals surface area contributed by atoms with Gasteiger partial charge in [0.25, 0.3) is 10.1 Å². The molecule has 0 N–H and O–H groups in total. The van der Waals surface area contributed by atoms with E-state index >= 15 is 0 Å². The summed E-state index contributed by atoms with van der Waals surface area (Å²) in [6, 6.07) is 0. The van der Waals surface area contributed by atoms with Gasteiger partial charge < -0.3 is 0 Å². The van der Waals surface area contributed by atoms with Gasteiger partial charge in [0.05, 0.1) is 19.8 Å². The molecule has 7 nitrogen and oxygen atoms in total. The van der Waals surface area contributed by atoms with Crippen LogP contribution in [0.4, 0.5) is 0 Å². The Morgan fingerprint density at radius 2 is 1.24 bits per heavy atom. The summed E-state index contributed by atoms with van der Waals surface area (Å²) in [6.07, 6.45) is 1.07. The Labute approximate surface area is 103 Å². The summed E-state index contributed by atoms with van der Waals surface area (Å²) in [5.74, 6) is -0.526. The Bertz CT molecular complexity index is 346. The van der Waals surface area contributed by atoms with E-state index < -0.39 is 32.9 Å². The minimum atomic E-state index is -4.11. The zero-order valence-corrected chi connectivity index (χ0v) is 11.5. The molecule has 17 heavy (non-hydrogen) atoms. The van der Waals surface area contributed by atoms with Gasteiger partial charge in [-0.2, -0.15) is 16.8 Å². The molecule has 0 radical (unpaired) electrons. The summed E-state index contributed by atoms with van der Waals surface area (Å²) in [7, 11) is -7.84. The Kier molecular flexibility index (Phi) is 7.88. The molecule has 0 amide bonds. The van der Waals surface area contributed by atoms with Crippen LogP contribution >= 0.6 is 0 Å². The van der Waals surface area contributed by atoms with E-state index in [2.05, 4.69) is 12.5 Å². The van der Waals surface area contributed by atoms with Crippen LogP contribution in [0.5, 0.6) is 0 Å². The van der Waals surface area contributed by atoms with Crippen molar-refractivity contribution in [2.45, 2.75) is 26.7 Å². The van der Waals surface area contributed by atoms with Crippen LogP contribution in [0.2, 0.25) is 0 Å². The minimum absolute atomic E-state index is 0.00141. The van der Waals surface area contributed by atoms with Gasteiger partial charge in [-0.15, -0.1) is 0 Å². The topological polar surface area (TPSA) is 96.0 Å². The highest BCUT2D eigenvalue weighted by molar-refractivity contribution is 7.86. The van der Waals surface area contributed by atoms with Gasteiger partial charge in [-0.1, -0.05) is 13.8 Å². The normalized spacial score (nSPS) is 12.8. The Morgan fingerprint density at radius 1 is 0.765 bits per heavy atom. The van der Waals surface area contributed by atoms with E-state index in [1.807, 2.05) is 0 Å². The summed E-state index contributed by atoms with van der Waals surface area (Å²) in [6.45, 7) is 3.05. The zero-order chi connectivity index (χ0) is 13.4. The van der Waals surface area contributed by atoms with E-state index in [4.69, 9.17) is 0 Å². The van der Waals surface area contributed by atoms with Crippen LogP contribution in [0.25, 0.3) is 0 Å². The van der Waals surface area contributed by atoms with Crippen LogP contribution in [0.3, 0.4) is 0 Å². The highest BCUT2D eigenvalue weighted by atomic mass is 32.3. The van der Waals surface area contributed by atoms with Gasteiger partial charge in [0.15, 0.2) is 0 Å². The lowest BCUT2D eigenvalue weighted by Crippen LogP contribution is -2.19. The first-order valence-corrected chi connectivity index (χ1v) is 8.15. The largest absolute Gasteiger partial charge is 0.399 e. The SMILES string of the molecule is CCCOS(=O)(=O)CCOS(=O)(=O)OCCC. The van der Waals surface area contributed by atoms with Crippen molar-refractivity contribution in [3.8, 4) is 0 Å². The molecule has 0 bridgehead atoms. The van der Waals surface area contributed by atoms with Gasteiger partial charge in [-0.05, 0) is 12.8 Å². The number of hydrogen-bond donors (Lipinski definition) is 0. The average molecular weight is 290 g/mol. The molecule has 0 fully saturated rings. The first kappa shape index (κ1) is 16.8. The molecule has 0 aromatic carbocycles. The van der Waals surface area contributed by atoms with Gasteiger partial charge in [0, 0.05) is 0 Å². The van der Waals surface area contributed by atoms with Crippen molar-refractivity contribution in [1.82, 2.24) is 0 Å². The lowest BCUT2D eigenvalue weighted by Gasteiger charge is -2.06. The summed E-state index contributed by atoms with van der Waals surface area (Å²) in [4.78, 5) is 0. The third-order valence-electron chi connectivity index (χ3n) is 1.46. The maximum absolute atomic E-state index is 11.2. The predicted octanol–water partition coefficient (Wildman–Crippen LogP) is 0.431. The van der Waals surface area contributed by atoms with Crippen molar-refractivity contribution in [3.05, 3.63) is 0 Å². The maximum Gasteiger partial charge on any atom is 0.399 e. The van der Waals surface area contributed by atoms with Crippen molar-refractivity contribution >= 4 is 20.5 Å². The fourth-order valence-electron chi connectivity index (χ4n) is 0.727. The second kappa shape index (κ2) is 7.98. The fourth-order valence-corrected chi connectivity index (χ4v) is 2.38. The molecule has 0 saturated carbocycles. The Hall–Kier alpha value is -0.220. The number of rotatable bonds is 10. The average Bonchev–Trinajstić information content (AvgIpc) is 2.23. The van der Waals surface area contributed by atoms with E-state index in [-0.39, 0.29) is 13.2 Å². The highest BCUT2D eigenvalue weighted by Crippen LogP contribution is 2.00. The smallest absolute Gasteiger partial charge is 0.270 e. The van der Waals surface area contributed by atoms with Gasteiger partial charge in [0.1, 0.15) is 5.75 Å². The van der Waals surface area contributed by atoms with Crippen LogP contribution in [0.15, 0.2) is 0 Å². The molecule has 104 valence electrons. The van der Waals surface area contributed by atoms with E-state index in [0.29, 0.717) is 12.8 Å². The molecule has 9 heteroatoms. The van der Waals surface area contributed by atoms with Gasteiger partial charge >= 0.3 is 10.4 Å². The van der Waals surface area contributed by atoms with Crippen LogP contribution in [-0.4, -0.2) is 42.4 Å². The molecular weight excluding hydrogens is 272 g/mol. The second-order valence-corrected chi connectivity index (χ2v) is 6.18. The first-order valence-electron chi connectivity index (χ1n) is 5.24. The standard InChI is InChI=1S/C8H18O7S2/c1-3-5-13-16(9,10)8-7-15-17(11,12)14-6-4-2/h3-8H2,1-2H3. The van der Waals surface area contributed by atoms with Gasteiger partial charge in [0.2, 0.25) is 0 Å². The van der Waals surface area contributed by atoms with Crippen molar-refractivity contribution in [2.75, 3.05) is 25.6 Å². The lowest BCUT2D eigenvalue weighted by molar-refractivity contribution is 0.221. The summed E-state index contributed by atoms with van der Waals surface area (Å²) in [5, 5.41) is 0. The molecule has 0 aliphatic carbocycles. The second-order valence-electron chi connectivity index (χ2n) is 3.14. The Morgan fingerprint density at radius 3 is 1.76 bits per heavy atom. The van der Waals surface area contributed by atoms with Crippen molar-refractivity contribution < 1.29 is 29.4 Å². The molecule has 0 unspecified atom stereocenters. The third-order valence-corrected chi connectivity index (χ3v) is 3.56. The van der Waals surface area contributed by atoms with E-state index in [1.165, 1.54) is 0 Å². The van der Waals surface area contributed by atoms with E-state index in [0.717, 1.165) is 0 Å². The highest BCUT2D eigenvalue weighted by Gasteiger charge is 2.16. The summed E-state index contributed by atoms with van der Waals surface area (Å²) in [5.41, 5.74) is 0. The van der Waals surface area contributed by atoms with E-state index in [1.54, 1.807) is 13.8 Å². The zero-order valence-electron chi connectivity index (χ0n) is 9.92. The maximum atomic E-state index is 11.2. The first-order chi connectivity index (χ1) is 7.83. The van der Waals surface area contributed by atoms with Gasteiger partial charge in [-0.3, -0.25) is 4.18 Å². The quantitative estimate of drug-likeness (QED) is 0.538. The van der Waals surface area contributed by atoms with E-state index in [9.17, 15) is 16.8 Å². The molecule has 0 aliphatic heterocycles. The van der Waals surface area contributed by atoms with Crippen LogP contribution in [0.1, 0.15) is 26.7 Å². The van der Waals surface area contributed by atoms with Crippen LogP contribution in [0, 0.1) is 0 Å². The molecule has 0 spiro atoms. The van der Waals surface area contributed by atoms with Gasteiger partial charge in [-0.25, -0.2) is 8.37 Å². The molecule has 0 atom stereocenters. The van der Waals surface area contributed by atoms with Crippen LogP contribution in [-0.2, 0) is 33.1 Å². The molecule has 0 rings (SSSR count). The summed E-state index contributed by atoms with van der Waals surface area (Å²) < 4.78 is 57.6. The summed E-state index contributed by atoms with van der Waals surface area (Å²) >= 11 is 0.